The lowest BCUT2D eigenvalue weighted by Crippen LogP contribution is -1.84. The van der Waals surface area contributed by atoms with Gasteiger partial charge in [-0.05, 0) is 32.3 Å². The van der Waals surface area contributed by atoms with Crippen molar-refractivity contribution in [3.05, 3.63) is 41.0 Å². The summed E-state index contributed by atoms with van der Waals surface area (Å²) in [4.78, 5) is 0. The zero-order chi connectivity index (χ0) is 10.4. The van der Waals surface area contributed by atoms with E-state index in [1.807, 2.05) is 0 Å². The molecular formula is C13H18O. The molecule has 0 fully saturated rings. The van der Waals surface area contributed by atoms with Gasteiger partial charge in [-0.2, -0.15) is 0 Å². The number of hydrogen-bond donors (Lipinski definition) is 1. The van der Waals surface area contributed by atoms with Crippen molar-refractivity contribution in [2.45, 2.75) is 26.7 Å². The molecule has 1 aromatic rings. The first-order valence-corrected chi connectivity index (χ1v) is 5.07. The highest BCUT2D eigenvalue weighted by Crippen LogP contribution is 2.11. The van der Waals surface area contributed by atoms with Crippen LogP contribution >= 0.6 is 0 Å². The van der Waals surface area contributed by atoms with E-state index in [-0.39, 0.29) is 6.61 Å². The first-order valence-electron chi connectivity index (χ1n) is 5.07. The molecule has 1 aromatic carbocycles. The van der Waals surface area contributed by atoms with Crippen LogP contribution in [0.5, 0.6) is 0 Å². The Kier molecular flexibility index (Phi) is 4.41. The minimum absolute atomic E-state index is 0.277. The first kappa shape index (κ1) is 11.0. The summed E-state index contributed by atoms with van der Waals surface area (Å²) in [6, 6.07) is 8.48. The summed E-state index contributed by atoms with van der Waals surface area (Å²) >= 11 is 0. The van der Waals surface area contributed by atoms with Crippen molar-refractivity contribution in [1.82, 2.24) is 0 Å². The monoisotopic (exact) mass is 190 g/mol. The van der Waals surface area contributed by atoms with Gasteiger partial charge in [-0.15, -0.1) is 0 Å². The second-order valence-electron chi connectivity index (χ2n) is 3.73. The second kappa shape index (κ2) is 5.61. The lowest BCUT2D eigenvalue weighted by molar-refractivity contribution is 0.288. The molecule has 0 saturated carbocycles. The Labute approximate surface area is 86.1 Å². The van der Waals surface area contributed by atoms with Crippen LogP contribution < -0.4 is 0 Å². The standard InChI is InChI=1S/C13H18O/c1-11-5-7-13(8-6-11)10-12(2)4-3-9-14/h5-8,10,14H,3-4,9H2,1-2H3. The number of benzene rings is 1. The van der Waals surface area contributed by atoms with Gasteiger partial charge in [0.1, 0.15) is 0 Å². The first-order chi connectivity index (χ1) is 6.72. The summed E-state index contributed by atoms with van der Waals surface area (Å²) in [5.74, 6) is 0. The Balaban J connectivity index is 2.61. The number of aliphatic hydroxyl groups excluding tert-OH is 1. The van der Waals surface area contributed by atoms with E-state index < -0.39 is 0 Å². The van der Waals surface area contributed by atoms with Crippen LogP contribution in [0.4, 0.5) is 0 Å². The normalized spacial score (nSPS) is 11.8. The molecule has 1 nitrogen and oxygen atoms in total. The van der Waals surface area contributed by atoms with E-state index in [2.05, 4.69) is 44.2 Å². The number of allylic oxidation sites excluding steroid dienone is 1. The van der Waals surface area contributed by atoms with Gasteiger partial charge in [0, 0.05) is 6.61 Å². The maximum Gasteiger partial charge on any atom is 0.0434 e. The van der Waals surface area contributed by atoms with Crippen LogP contribution in [0.1, 0.15) is 30.9 Å². The summed E-state index contributed by atoms with van der Waals surface area (Å²) in [6.07, 6.45) is 4.01. The summed E-state index contributed by atoms with van der Waals surface area (Å²) < 4.78 is 0. The van der Waals surface area contributed by atoms with Gasteiger partial charge in [-0.3, -0.25) is 0 Å². The minimum atomic E-state index is 0.277. The van der Waals surface area contributed by atoms with Crippen molar-refractivity contribution in [3.8, 4) is 0 Å². The van der Waals surface area contributed by atoms with Crippen molar-refractivity contribution in [3.63, 3.8) is 0 Å². The molecule has 0 spiro atoms. The van der Waals surface area contributed by atoms with Gasteiger partial charge in [-0.1, -0.05) is 41.5 Å². The average Bonchev–Trinajstić information content (AvgIpc) is 2.18. The fraction of sp³-hybridized carbons (Fsp3) is 0.385. The molecule has 0 aromatic heterocycles. The largest absolute Gasteiger partial charge is 0.396 e. The van der Waals surface area contributed by atoms with Crippen molar-refractivity contribution >= 4 is 6.08 Å². The number of hydrogen-bond acceptors (Lipinski definition) is 1. The van der Waals surface area contributed by atoms with Gasteiger partial charge >= 0.3 is 0 Å². The summed E-state index contributed by atoms with van der Waals surface area (Å²) in [7, 11) is 0. The maximum atomic E-state index is 8.69. The lowest BCUT2D eigenvalue weighted by Gasteiger charge is -2.00. The number of aryl methyl sites for hydroxylation is 1. The smallest absolute Gasteiger partial charge is 0.0434 e. The summed E-state index contributed by atoms with van der Waals surface area (Å²) in [6.45, 7) is 4.47. The third-order valence-electron chi connectivity index (χ3n) is 2.22. The van der Waals surface area contributed by atoms with Crippen molar-refractivity contribution in [2.24, 2.45) is 0 Å². The van der Waals surface area contributed by atoms with Crippen LogP contribution in [0.25, 0.3) is 6.08 Å². The molecule has 76 valence electrons. The van der Waals surface area contributed by atoms with Crippen molar-refractivity contribution in [2.75, 3.05) is 6.61 Å². The van der Waals surface area contributed by atoms with Gasteiger partial charge in [-0.25, -0.2) is 0 Å². The van der Waals surface area contributed by atoms with E-state index in [0.717, 1.165) is 12.8 Å². The average molecular weight is 190 g/mol. The highest BCUT2D eigenvalue weighted by atomic mass is 16.2. The molecule has 0 aliphatic heterocycles. The molecular weight excluding hydrogens is 172 g/mol. The van der Waals surface area contributed by atoms with Crippen LogP contribution in [0, 0.1) is 6.92 Å². The van der Waals surface area contributed by atoms with Crippen molar-refractivity contribution in [1.29, 1.82) is 0 Å². The SMILES string of the molecule is CC(=Cc1ccc(C)cc1)CCCO. The van der Waals surface area contributed by atoms with E-state index >= 15 is 0 Å². The Bertz CT molecular complexity index is 296. The molecule has 0 bridgehead atoms. The van der Waals surface area contributed by atoms with E-state index in [0.29, 0.717) is 0 Å². The van der Waals surface area contributed by atoms with E-state index in [9.17, 15) is 0 Å². The highest BCUT2D eigenvalue weighted by molar-refractivity contribution is 5.52. The molecule has 14 heavy (non-hydrogen) atoms. The fourth-order valence-electron chi connectivity index (χ4n) is 1.38. The zero-order valence-corrected chi connectivity index (χ0v) is 8.96. The van der Waals surface area contributed by atoms with Gasteiger partial charge in [0.2, 0.25) is 0 Å². The van der Waals surface area contributed by atoms with Crippen molar-refractivity contribution < 1.29 is 5.11 Å². The highest BCUT2D eigenvalue weighted by Gasteiger charge is 1.91. The Morgan fingerprint density at radius 3 is 2.50 bits per heavy atom. The van der Waals surface area contributed by atoms with Crippen LogP contribution in [0.15, 0.2) is 29.8 Å². The predicted octanol–water partition coefficient (Wildman–Crippen LogP) is 3.17. The summed E-state index contributed by atoms with van der Waals surface area (Å²) in [5.41, 5.74) is 3.85. The lowest BCUT2D eigenvalue weighted by atomic mass is 10.1. The molecule has 0 radical (unpaired) electrons. The second-order valence-corrected chi connectivity index (χ2v) is 3.73. The topological polar surface area (TPSA) is 20.2 Å². The molecule has 0 atom stereocenters. The van der Waals surface area contributed by atoms with Gasteiger partial charge in [0.25, 0.3) is 0 Å². The number of aliphatic hydroxyl groups is 1. The Morgan fingerprint density at radius 2 is 1.93 bits per heavy atom. The van der Waals surface area contributed by atoms with Gasteiger partial charge < -0.3 is 5.11 Å². The molecule has 0 heterocycles. The third-order valence-corrected chi connectivity index (χ3v) is 2.22. The molecule has 0 amide bonds. The minimum Gasteiger partial charge on any atom is -0.396 e. The molecule has 1 heteroatoms. The maximum absolute atomic E-state index is 8.69. The summed E-state index contributed by atoms with van der Waals surface area (Å²) in [5, 5.41) is 8.69. The van der Waals surface area contributed by atoms with E-state index in [1.165, 1.54) is 16.7 Å². The van der Waals surface area contributed by atoms with E-state index in [4.69, 9.17) is 5.11 Å². The third kappa shape index (κ3) is 3.75. The molecule has 1 N–H and O–H groups in total. The fourth-order valence-corrected chi connectivity index (χ4v) is 1.38. The van der Waals surface area contributed by atoms with E-state index in [1.54, 1.807) is 0 Å². The number of rotatable bonds is 4. The van der Waals surface area contributed by atoms with Crippen LogP contribution in [0.2, 0.25) is 0 Å². The molecule has 0 unspecified atom stereocenters. The Morgan fingerprint density at radius 1 is 1.29 bits per heavy atom. The molecule has 0 aliphatic rings. The Hall–Kier alpha value is -1.08. The van der Waals surface area contributed by atoms with Crippen LogP contribution in [-0.2, 0) is 0 Å². The quantitative estimate of drug-likeness (QED) is 0.773. The van der Waals surface area contributed by atoms with Gasteiger partial charge in [0.15, 0.2) is 0 Å². The predicted molar refractivity (Wildman–Crippen MR) is 61.1 cm³/mol. The molecule has 1 rings (SSSR count). The molecule has 0 aliphatic carbocycles. The van der Waals surface area contributed by atoms with Gasteiger partial charge in [0.05, 0.1) is 0 Å². The van der Waals surface area contributed by atoms with Crippen LogP contribution in [-0.4, -0.2) is 11.7 Å². The van der Waals surface area contributed by atoms with Crippen LogP contribution in [0.3, 0.4) is 0 Å². The molecule has 0 saturated heterocycles. The zero-order valence-electron chi connectivity index (χ0n) is 8.96.